The summed E-state index contributed by atoms with van der Waals surface area (Å²) in [7, 11) is 0. The standard InChI is InChI=1S/C8H13BN2/c1-3-9(4-2)8-6-5-7-10-11-8/h5-7H,3-4H2,1-2H3. The van der Waals surface area contributed by atoms with Gasteiger partial charge in [-0.05, 0) is 12.1 Å². The van der Waals surface area contributed by atoms with Crippen molar-refractivity contribution < 1.29 is 0 Å². The van der Waals surface area contributed by atoms with Gasteiger partial charge in [-0.3, -0.25) is 0 Å². The molecule has 2 nitrogen and oxygen atoms in total. The third-order valence-electron chi connectivity index (χ3n) is 2.00. The highest BCUT2D eigenvalue weighted by molar-refractivity contribution is 6.72. The van der Waals surface area contributed by atoms with Gasteiger partial charge >= 0.3 is 0 Å². The van der Waals surface area contributed by atoms with Gasteiger partial charge in [0, 0.05) is 11.8 Å². The van der Waals surface area contributed by atoms with Gasteiger partial charge in [0.25, 0.3) is 0 Å². The molecule has 0 aliphatic heterocycles. The maximum Gasteiger partial charge on any atom is 0.202 e. The van der Waals surface area contributed by atoms with Crippen LogP contribution >= 0.6 is 0 Å². The molecule has 0 aromatic carbocycles. The molecule has 0 spiro atoms. The summed E-state index contributed by atoms with van der Waals surface area (Å²) in [5.74, 6) is 0. The van der Waals surface area contributed by atoms with Crippen LogP contribution in [0.1, 0.15) is 13.8 Å². The van der Waals surface area contributed by atoms with E-state index >= 15 is 0 Å². The van der Waals surface area contributed by atoms with Gasteiger partial charge in [-0.15, -0.1) is 0 Å². The zero-order valence-corrected chi connectivity index (χ0v) is 7.12. The van der Waals surface area contributed by atoms with E-state index < -0.39 is 0 Å². The zero-order valence-electron chi connectivity index (χ0n) is 7.12. The van der Waals surface area contributed by atoms with Crippen molar-refractivity contribution in [3.63, 3.8) is 0 Å². The lowest BCUT2D eigenvalue weighted by Gasteiger charge is -2.04. The van der Waals surface area contributed by atoms with Crippen LogP contribution in [-0.2, 0) is 0 Å². The van der Waals surface area contributed by atoms with Gasteiger partial charge in [-0.25, -0.2) is 0 Å². The van der Waals surface area contributed by atoms with Crippen LogP contribution in [0.4, 0.5) is 0 Å². The summed E-state index contributed by atoms with van der Waals surface area (Å²) < 4.78 is 0. The summed E-state index contributed by atoms with van der Waals surface area (Å²) in [6.45, 7) is 4.95. The molecule has 3 heteroatoms. The SMILES string of the molecule is CCB(CC)c1cccnn1. The highest BCUT2D eigenvalue weighted by Gasteiger charge is 2.11. The Hall–Kier alpha value is -0.855. The average molecular weight is 148 g/mol. The third-order valence-corrected chi connectivity index (χ3v) is 2.00. The normalized spacial score (nSPS) is 9.64. The number of nitrogens with zero attached hydrogens (tertiary/aromatic N) is 2. The van der Waals surface area contributed by atoms with Crippen molar-refractivity contribution in [1.82, 2.24) is 10.2 Å². The summed E-state index contributed by atoms with van der Waals surface area (Å²) in [6.07, 6.45) is 4.01. The Balaban J connectivity index is 2.74. The quantitative estimate of drug-likeness (QED) is 0.602. The van der Waals surface area contributed by atoms with Crippen LogP contribution in [0.3, 0.4) is 0 Å². The topological polar surface area (TPSA) is 25.8 Å². The minimum Gasteiger partial charge on any atom is -0.166 e. The lowest BCUT2D eigenvalue weighted by atomic mass is 9.43. The predicted octanol–water partition coefficient (Wildman–Crippen LogP) is 1.22. The number of aromatic nitrogens is 2. The van der Waals surface area contributed by atoms with E-state index in [0.717, 1.165) is 18.2 Å². The van der Waals surface area contributed by atoms with Crippen molar-refractivity contribution in [2.24, 2.45) is 0 Å². The van der Waals surface area contributed by atoms with Crippen molar-refractivity contribution in [3.05, 3.63) is 18.3 Å². The third kappa shape index (κ3) is 2.04. The van der Waals surface area contributed by atoms with Gasteiger partial charge in [0.15, 0.2) is 0 Å². The second-order valence-corrected chi connectivity index (χ2v) is 2.66. The first kappa shape index (κ1) is 8.24. The van der Waals surface area contributed by atoms with Crippen molar-refractivity contribution in [2.75, 3.05) is 0 Å². The fraction of sp³-hybridized carbons (Fsp3) is 0.500. The van der Waals surface area contributed by atoms with Crippen LogP contribution in [0, 0.1) is 0 Å². The van der Waals surface area contributed by atoms with E-state index in [1.807, 2.05) is 12.1 Å². The van der Waals surface area contributed by atoms with Crippen LogP contribution in [0.25, 0.3) is 0 Å². The van der Waals surface area contributed by atoms with E-state index in [-0.39, 0.29) is 0 Å². The molecule has 0 saturated carbocycles. The second kappa shape index (κ2) is 4.11. The first-order valence-electron chi connectivity index (χ1n) is 4.16. The molecule has 0 radical (unpaired) electrons. The van der Waals surface area contributed by atoms with Crippen molar-refractivity contribution in [2.45, 2.75) is 26.5 Å². The molecule has 1 aromatic rings. The van der Waals surface area contributed by atoms with Crippen molar-refractivity contribution >= 4 is 12.3 Å². The molecule has 0 fully saturated rings. The van der Waals surface area contributed by atoms with Crippen LogP contribution in [0.15, 0.2) is 18.3 Å². The van der Waals surface area contributed by atoms with Gasteiger partial charge in [0.05, 0.1) is 0 Å². The molecule has 0 amide bonds. The largest absolute Gasteiger partial charge is 0.202 e. The molecule has 0 atom stereocenters. The Morgan fingerprint density at radius 2 is 2.09 bits per heavy atom. The molecule has 58 valence electrons. The number of hydrogen-bond acceptors (Lipinski definition) is 2. The maximum absolute atomic E-state index is 4.07. The Morgan fingerprint density at radius 1 is 1.36 bits per heavy atom. The summed E-state index contributed by atoms with van der Waals surface area (Å²) in [5, 5.41) is 7.92. The molecule has 0 aliphatic carbocycles. The van der Waals surface area contributed by atoms with Gasteiger partial charge in [-0.1, -0.05) is 26.5 Å². The van der Waals surface area contributed by atoms with E-state index in [0.29, 0.717) is 6.71 Å². The van der Waals surface area contributed by atoms with E-state index in [2.05, 4.69) is 24.0 Å². The van der Waals surface area contributed by atoms with Gasteiger partial charge < -0.3 is 0 Å². The minimum absolute atomic E-state index is 0.587. The highest BCUT2D eigenvalue weighted by Crippen LogP contribution is 1.95. The van der Waals surface area contributed by atoms with Gasteiger partial charge in [0.2, 0.25) is 6.71 Å². The maximum atomic E-state index is 4.07. The molecule has 1 rings (SSSR count). The van der Waals surface area contributed by atoms with Crippen molar-refractivity contribution in [1.29, 1.82) is 0 Å². The predicted molar refractivity (Wildman–Crippen MR) is 48.4 cm³/mol. The Labute approximate surface area is 68.1 Å². The van der Waals surface area contributed by atoms with Gasteiger partial charge in [0.1, 0.15) is 0 Å². The van der Waals surface area contributed by atoms with Crippen LogP contribution in [0.2, 0.25) is 12.6 Å². The Morgan fingerprint density at radius 3 is 2.55 bits per heavy atom. The van der Waals surface area contributed by atoms with Crippen LogP contribution < -0.4 is 5.59 Å². The fourth-order valence-electron chi connectivity index (χ4n) is 1.24. The average Bonchev–Trinajstić information content (AvgIpc) is 2.09. The number of rotatable bonds is 3. The van der Waals surface area contributed by atoms with Crippen molar-refractivity contribution in [3.8, 4) is 0 Å². The molecule has 1 aromatic heterocycles. The Bertz CT molecular complexity index is 197. The molecular formula is C8H13BN2. The minimum atomic E-state index is 0.587. The molecule has 0 unspecified atom stereocenters. The first-order chi connectivity index (χ1) is 5.38. The summed E-state index contributed by atoms with van der Waals surface area (Å²) >= 11 is 0. The first-order valence-corrected chi connectivity index (χ1v) is 4.16. The molecule has 11 heavy (non-hydrogen) atoms. The molecule has 1 heterocycles. The lowest BCUT2D eigenvalue weighted by Crippen LogP contribution is -2.31. The lowest BCUT2D eigenvalue weighted by molar-refractivity contribution is 1.05. The molecule has 0 N–H and O–H groups in total. The molecule has 0 aliphatic rings. The monoisotopic (exact) mass is 148 g/mol. The number of hydrogen-bond donors (Lipinski definition) is 0. The van der Waals surface area contributed by atoms with Crippen LogP contribution in [-0.4, -0.2) is 16.9 Å². The van der Waals surface area contributed by atoms with Gasteiger partial charge in [-0.2, -0.15) is 10.2 Å². The summed E-state index contributed by atoms with van der Waals surface area (Å²) in [5.41, 5.74) is 1.12. The molecule has 0 bridgehead atoms. The summed E-state index contributed by atoms with van der Waals surface area (Å²) in [6, 6.07) is 3.99. The highest BCUT2D eigenvalue weighted by atomic mass is 15.1. The second-order valence-electron chi connectivity index (χ2n) is 2.66. The van der Waals surface area contributed by atoms with E-state index in [4.69, 9.17) is 0 Å². The van der Waals surface area contributed by atoms with Crippen LogP contribution in [0.5, 0.6) is 0 Å². The summed E-state index contributed by atoms with van der Waals surface area (Å²) in [4.78, 5) is 0. The molecular weight excluding hydrogens is 135 g/mol. The smallest absolute Gasteiger partial charge is 0.166 e. The Kier molecular flexibility index (Phi) is 3.08. The fourth-order valence-corrected chi connectivity index (χ4v) is 1.24. The molecule has 0 saturated heterocycles. The van der Waals surface area contributed by atoms with E-state index in [1.54, 1.807) is 6.20 Å². The van der Waals surface area contributed by atoms with E-state index in [1.165, 1.54) is 0 Å². The van der Waals surface area contributed by atoms with E-state index in [9.17, 15) is 0 Å². The zero-order chi connectivity index (χ0) is 8.10.